The van der Waals surface area contributed by atoms with Gasteiger partial charge in [0.2, 0.25) is 0 Å². The molecule has 0 aromatic rings. The third-order valence-electron chi connectivity index (χ3n) is 2.70. The maximum absolute atomic E-state index is 10.0. The first-order valence-corrected chi connectivity index (χ1v) is 4.89. The molecule has 0 radical (unpaired) electrons. The van der Waals surface area contributed by atoms with Crippen molar-refractivity contribution in [1.82, 2.24) is 4.90 Å². The van der Waals surface area contributed by atoms with Crippen LogP contribution in [0.3, 0.4) is 0 Å². The number of rotatable bonds is 2. The molecule has 1 N–H and O–H groups in total. The molecule has 0 bridgehead atoms. The fourth-order valence-corrected chi connectivity index (χ4v) is 1.90. The molecular weight excluding hydrogens is 170 g/mol. The van der Waals surface area contributed by atoms with Gasteiger partial charge in [-0.05, 0) is 0 Å². The molecule has 2 aliphatic heterocycles. The van der Waals surface area contributed by atoms with Crippen molar-refractivity contribution >= 4 is 0 Å². The van der Waals surface area contributed by atoms with Crippen LogP contribution in [0.1, 0.15) is 6.42 Å². The van der Waals surface area contributed by atoms with E-state index in [9.17, 15) is 5.11 Å². The highest BCUT2D eigenvalue weighted by atomic mass is 16.5. The van der Waals surface area contributed by atoms with E-state index in [2.05, 4.69) is 4.90 Å². The van der Waals surface area contributed by atoms with E-state index in [0.717, 1.165) is 39.3 Å². The summed E-state index contributed by atoms with van der Waals surface area (Å²) >= 11 is 0. The van der Waals surface area contributed by atoms with E-state index in [0.29, 0.717) is 13.2 Å². The monoisotopic (exact) mass is 187 g/mol. The minimum atomic E-state index is -0.600. The maximum atomic E-state index is 10.0. The highest BCUT2D eigenvalue weighted by Gasteiger charge is 2.34. The van der Waals surface area contributed by atoms with Crippen molar-refractivity contribution in [2.75, 3.05) is 46.1 Å². The fraction of sp³-hybridized carbons (Fsp3) is 1.00. The Morgan fingerprint density at radius 3 is 2.54 bits per heavy atom. The summed E-state index contributed by atoms with van der Waals surface area (Å²) in [5.74, 6) is 0. The van der Waals surface area contributed by atoms with Crippen LogP contribution in [0.25, 0.3) is 0 Å². The molecule has 2 heterocycles. The summed E-state index contributed by atoms with van der Waals surface area (Å²) in [6.45, 7) is 5.36. The molecule has 13 heavy (non-hydrogen) atoms. The van der Waals surface area contributed by atoms with Gasteiger partial charge >= 0.3 is 0 Å². The molecular formula is C9H17NO3. The largest absolute Gasteiger partial charge is 0.386 e. The first kappa shape index (κ1) is 9.40. The lowest BCUT2D eigenvalue weighted by molar-refractivity contribution is -0.0350. The lowest BCUT2D eigenvalue weighted by atomic mass is 10.0. The van der Waals surface area contributed by atoms with Gasteiger partial charge in [-0.3, -0.25) is 4.90 Å². The molecule has 2 saturated heterocycles. The Balaban J connectivity index is 1.81. The zero-order valence-electron chi connectivity index (χ0n) is 7.87. The minimum Gasteiger partial charge on any atom is -0.386 e. The minimum absolute atomic E-state index is 0.490. The molecule has 1 unspecified atom stereocenters. The molecule has 2 rings (SSSR count). The summed E-state index contributed by atoms with van der Waals surface area (Å²) in [6.07, 6.45) is 0.768. The van der Waals surface area contributed by atoms with Crippen LogP contribution in [0.2, 0.25) is 0 Å². The Labute approximate surface area is 78.4 Å². The predicted octanol–water partition coefficient (Wildman–Crippen LogP) is -0.530. The van der Waals surface area contributed by atoms with Crippen molar-refractivity contribution < 1.29 is 14.6 Å². The first-order chi connectivity index (χ1) is 6.29. The van der Waals surface area contributed by atoms with Gasteiger partial charge < -0.3 is 14.6 Å². The van der Waals surface area contributed by atoms with Crippen LogP contribution in [0.5, 0.6) is 0 Å². The van der Waals surface area contributed by atoms with Crippen molar-refractivity contribution in [3.05, 3.63) is 0 Å². The molecule has 2 aliphatic rings. The SMILES string of the molecule is OC1(CN2CCOCC2)CCOC1. The highest BCUT2D eigenvalue weighted by molar-refractivity contribution is 4.86. The zero-order chi connectivity index (χ0) is 9.15. The molecule has 0 aromatic heterocycles. The van der Waals surface area contributed by atoms with E-state index < -0.39 is 5.60 Å². The van der Waals surface area contributed by atoms with E-state index in [1.54, 1.807) is 0 Å². The van der Waals surface area contributed by atoms with Crippen molar-refractivity contribution in [2.45, 2.75) is 12.0 Å². The summed E-state index contributed by atoms with van der Waals surface area (Å²) in [5.41, 5.74) is -0.600. The molecule has 0 saturated carbocycles. The van der Waals surface area contributed by atoms with Gasteiger partial charge in [0.05, 0.1) is 19.8 Å². The number of aliphatic hydroxyl groups is 1. The molecule has 2 fully saturated rings. The Kier molecular flexibility index (Phi) is 2.83. The zero-order valence-corrected chi connectivity index (χ0v) is 7.87. The lowest BCUT2D eigenvalue weighted by Gasteiger charge is -2.32. The van der Waals surface area contributed by atoms with Crippen LogP contribution >= 0.6 is 0 Å². The Morgan fingerprint density at radius 1 is 1.15 bits per heavy atom. The van der Waals surface area contributed by atoms with Gasteiger partial charge in [0.15, 0.2) is 0 Å². The average molecular weight is 187 g/mol. The van der Waals surface area contributed by atoms with Crippen LogP contribution < -0.4 is 0 Å². The van der Waals surface area contributed by atoms with E-state index in [4.69, 9.17) is 9.47 Å². The number of β-amino-alcohol motifs (C(OH)–C–C–N with tert-alkyl or cyclic N) is 1. The van der Waals surface area contributed by atoms with E-state index in [-0.39, 0.29) is 0 Å². The molecule has 76 valence electrons. The maximum Gasteiger partial charge on any atom is 0.103 e. The number of ether oxygens (including phenoxy) is 2. The number of hydrogen-bond acceptors (Lipinski definition) is 4. The molecule has 0 aliphatic carbocycles. The van der Waals surface area contributed by atoms with Crippen LogP contribution in [-0.4, -0.2) is 61.7 Å². The Morgan fingerprint density at radius 2 is 1.92 bits per heavy atom. The standard InChI is InChI=1S/C9H17NO3/c11-9(1-4-13-8-9)7-10-2-5-12-6-3-10/h11H,1-8H2. The summed E-state index contributed by atoms with van der Waals surface area (Å²) in [4.78, 5) is 2.25. The summed E-state index contributed by atoms with van der Waals surface area (Å²) in [6, 6.07) is 0. The highest BCUT2D eigenvalue weighted by Crippen LogP contribution is 2.19. The van der Waals surface area contributed by atoms with Crippen LogP contribution in [0.15, 0.2) is 0 Å². The van der Waals surface area contributed by atoms with Crippen LogP contribution in [0, 0.1) is 0 Å². The normalized spacial score (nSPS) is 36.7. The van der Waals surface area contributed by atoms with Gasteiger partial charge in [0.25, 0.3) is 0 Å². The average Bonchev–Trinajstić information content (AvgIpc) is 2.54. The van der Waals surface area contributed by atoms with Crippen molar-refractivity contribution in [3.8, 4) is 0 Å². The first-order valence-electron chi connectivity index (χ1n) is 4.89. The number of morpholine rings is 1. The molecule has 0 spiro atoms. The van der Waals surface area contributed by atoms with Gasteiger partial charge in [-0.15, -0.1) is 0 Å². The number of nitrogens with zero attached hydrogens (tertiary/aromatic N) is 1. The molecule has 4 nitrogen and oxygen atoms in total. The quantitative estimate of drug-likeness (QED) is 0.631. The van der Waals surface area contributed by atoms with Gasteiger partial charge in [-0.2, -0.15) is 0 Å². The smallest absolute Gasteiger partial charge is 0.103 e. The van der Waals surface area contributed by atoms with Crippen molar-refractivity contribution in [1.29, 1.82) is 0 Å². The summed E-state index contributed by atoms with van der Waals surface area (Å²) < 4.78 is 10.4. The van der Waals surface area contributed by atoms with Gasteiger partial charge in [0, 0.05) is 32.7 Å². The van der Waals surface area contributed by atoms with Gasteiger partial charge in [0.1, 0.15) is 5.60 Å². The van der Waals surface area contributed by atoms with E-state index in [1.165, 1.54) is 0 Å². The predicted molar refractivity (Wildman–Crippen MR) is 47.6 cm³/mol. The third-order valence-corrected chi connectivity index (χ3v) is 2.70. The molecule has 4 heteroatoms. The fourth-order valence-electron chi connectivity index (χ4n) is 1.90. The second-order valence-electron chi connectivity index (χ2n) is 3.92. The van der Waals surface area contributed by atoms with Gasteiger partial charge in [-0.25, -0.2) is 0 Å². The van der Waals surface area contributed by atoms with E-state index in [1.807, 2.05) is 0 Å². The van der Waals surface area contributed by atoms with Crippen LogP contribution in [-0.2, 0) is 9.47 Å². The third kappa shape index (κ3) is 2.40. The van der Waals surface area contributed by atoms with Crippen LogP contribution in [0.4, 0.5) is 0 Å². The number of hydrogen-bond donors (Lipinski definition) is 1. The summed E-state index contributed by atoms with van der Waals surface area (Å²) in [5, 5.41) is 10.0. The molecule has 0 aromatic carbocycles. The topological polar surface area (TPSA) is 41.9 Å². The Bertz CT molecular complexity index is 162. The van der Waals surface area contributed by atoms with E-state index >= 15 is 0 Å². The second-order valence-corrected chi connectivity index (χ2v) is 3.92. The lowest BCUT2D eigenvalue weighted by Crippen LogP contribution is -2.47. The van der Waals surface area contributed by atoms with Crippen molar-refractivity contribution in [2.24, 2.45) is 0 Å². The Hall–Kier alpha value is -0.160. The van der Waals surface area contributed by atoms with Gasteiger partial charge in [-0.1, -0.05) is 0 Å². The van der Waals surface area contributed by atoms with Crippen molar-refractivity contribution in [3.63, 3.8) is 0 Å². The molecule has 1 atom stereocenters. The second kappa shape index (κ2) is 3.92. The molecule has 0 amide bonds. The summed E-state index contributed by atoms with van der Waals surface area (Å²) in [7, 11) is 0.